The normalized spacial score (nSPS) is 15.2. The topological polar surface area (TPSA) is 76.8 Å². The SMILES string of the molecule is CCOC(=O)C1CCN(C(=O)c2cn3cc(-c4cccnc4)sc3n2)CC1. The number of imidazole rings is 1. The summed E-state index contributed by atoms with van der Waals surface area (Å²) in [6, 6.07) is 3.89. The molecular formula is C19H20N4O3S. The highest BCUT2D eigenvalue weighted by Gasteiger charge is 2.29. The van der Waals surface area contributed by atoms with E-state index in [4.69, 9.17) is 4.74 Å². The highest BCUT2D eigenvalue weighted by molar-refractivity contribution is 7.20. The summed E-state index contributed by atoms with van der Waals surface area (Å²) in [5.74, 6) is -0.354. The molecule has 1 amide bonds. The number of carbonyl (C=O) groups is 2. The number of nitrogens with zero attached hydrogens (tertiary/aromatic N) is 4. The van der Waals surface area contributed by atoms with Crippen molar-refractivity contribution in [2.75, 3.05) is 19.7 Å². The van der Waals surface area contributed by atoms with Gasteiger partial charge in [-0.05, 0) is 25.8 Å². The van der Waals surface area contributed by atoms with E-state index in [1.807, 2.05) is 28.9 Å². The van der Waals surface area contributed by atoms with Crippen LogP contribution in [0.1, 0.15) is 30.3 Å². The molecule has 0 aliphatic carbocycles. The number of amides is 1. The van der Waals surface area contributed by atoms with Crippen molar-refractivity contribution in [1.82, 2.24) is 19.3 Å². The van der Waals surface area contributed by atoms with Crippen molar-refractivity contribution >= 4 is 28.2 Å². The Morgan fingerprint density at radius 3 is 2.78 bits per heavy atom. The van der Waals surface area contributed by atoms with Crippen LogP contribution in [-0.2, 0) is 9.53 Å². The van der Waals surface area contributed by atoms with Crippen molar-refractivity contribution in [3.63, 3.8) is 0 Å². The largest absolute Gasteiger partial charge is 0.466 e. The van der Waals surface area contributed by atoms with Gasteiger partial charge >= 0.3 is 5.97 Å². The molecule has 3 aromatic rings. The number of aromatic nitrogens is 3. The third kappa shape index (κ3) is 3.57. The molecule has 4 rings (SSSR count). The molecule has 0 N–H and O–H groups in total. The molecule has 0 aromatic carbocycles. The van der Waals surface area contributed by atoms with E-state index >= 15 is 0 Å². The molecule has 0 bridgehead atoms. The summed E-state index contributed by atoms with van der Waals surface area (Å²) in [5.41, 5.74) is 1.47. The number of ether oxygens (including phenoxy) is 1. The zero-order valence-electron chi connectivity index (χ0n) is 15.0. The predicted molar refractivity (Wildman–Crippen MR) is 102 cm³/mol. The summed E-state index contributed by atoms with van der Waals surface area (Å²) < 4.78 is 6.96. The minimum atomic E-state index is -0.157. The second-order valence-electron chi connectivity index (χ2n) is 6.47. The summed E-state index contributed by atoms with van der Waals surface area (Å²) in [6.45, 7) is 3.30. The Morgan fingerprint density at radius 1 is 1.30 bits per heavy atom. The van der Waals surface area contributed by atoms with Crippen molar-refractivity contribution in [2.24, 2.45) is 5.92 Å². The highest BCUT2D eigenvalue weighted by atomic mass is 32.1. The second kappa shape index (κ2) is 7.48. The first-order valence-corrected chi connectivity index (χ1v) is 9.82. The number of fused-ring (bicyclic) bond motifs is 1. The Balaban J connectivity index is 1.44. The van der Waals surface area contributed by atoms with Crippen LogP contribution in [0.2, 0.25) is 0 Å². The van der Waals surface area contributed by atoms with E-state index < -0.39 is 0 Å². The molecule has 8 heteroatoms. The van der Waals surface area contributed by atoms with Gasteiger partial charge in [-0.1, -0.05) is 17.4 Å². The zero-order valence-corrected chi connectivity index (χ0v) is 15.8. The molecule has 27 heavy (non-hydrogen) atoms. The van der Waals surface area contributed by atoms with Crippen molar-refractivity contribution < 1.29 is 14.3 Å². The van der Waals surface area contributed by atoms with E-state index in [0.29, 0.717) is 38.2 Å². The lowest BCUT2D eigenvalue weighted by atomic mass is 9.97. The molecule has 7 nitrogen and oxygen atoms in total. The van der Waals surface area contributed by atoms with Gasteiger partial charge in [-0.2, -0.15) is 0 Å². The van der Waals surface area contributed by atoms with Gasteiger partial charge in [-0.25, -0.2) is 4.98 Å². The Kier molecular flexibility index (Phi) is 4.89. The minimum Gasteiger partial charge on any atom is -0.466 e. The average Bonchev–Trinajstić information content (AvgIpc) is 3.28. The van der Waals surface area contributed by atoms with Gasteiger partial charge in [0.15, 0.2) is 4.96 Å². The number of pyridine rings is 1. The highest BCUT2D eigenvalue weighted by Crippen LogP contribution is 2.28. The van der Waals surface area contributed by atoms with Gasteiger partial charge in [-0.3, -0.25) is 19.0 Å². The minimum absolute atomic E-state index is 0.0869. The maximum Gasteiger partial charge on any atom is 0.309 e. The molecule has 0 unspecified atom stereocenters. The number of rotatable bonds is 4. The molecule has 1 saturated heterocycles. The Bertz CT molecular complexity index is 926. The predicted octanol–water partition coefficient (Wildman–Crippen LogP) is 2.87. The molecule has 0 spiro atoms. The first kappa shape index (κ1) is 17.7. The molecule has 1 aliphatic heterocycles. The quantitative estimate of drug-likeness (QED) is 0.647. The van der Waals surface area contributed by atoms with Crippen LogP contribution >= 0.6 is 11.3 Å². The lowest BCUT2D eigenvalue weighted by Crippen LogP contribution is -2.40. The Morgan fingerprint density at radius 2 is 2.11 bits per heavy atom. The summed E-state index contributed by atoms with van der Waals surface area (Å²) in [4.78, 5) is 36.8. The van der Waals surface area contributed by atoms with Crippen molar-refractivity contribution in [3.05, 3.63) is 42.6 Å². The van der Waals surface area contributed by atoms with Crippen molar-refractivity contribution in [1.29, 1.82) is 0 Å². The Labute approximate surface area is 160 Å². The molecule has 3 aromatic heterocycles. The second-order valence-corrected chi connectivity index (χ2v) is 7.48. The summed E-state index contributed by atoms with van der Waals surface area (Å²) in [7, 11) is 0. The fourth-order valence-corrected chi connectivity index (χ4v) is 4.24. The molecule has 0 saturated carbocycles. The van der Waals surface area contributed by atoms with Crippen LogP contribution in [-0.4, -0.2) is 50.8 Å². The lowest BCUT2D eigenvalue weighted by Gasteiger charge is -2.30. The van der Waals surface area contributed by atoms with Gasteiger partial charge in [0.05, 0.1) is 17.4 Å². The molecule has 0 radical (unpaired) electrons. The van der Waals surface area contributed by atoms with Crippen molar-refractivity contribution in [3.8, 4) is 10.4 Å². The molecular weight excluding hydrogens is 364 g/mol. The summed E-state index contributed by atoms with van der Waals surface area (Å²) >= 11 is 1.52. The first-order chi connectivity index (χ1) is 13.2. The standard InChI is InChI=1S/C19H20N4O3S/c1-2-26-18(25)13-5-8-22(9-6-13)17(24)15-11-23-12-16(27-19(23)21-15)14-4-3-7-20-10-14/h3-4,7,10-13H,2,5-6,8-9H2,1H3. The smallest absolute Gasteiger partial charge is 0.309 e. The van der Waals surface area contributed by atoms with E-state index in [1.165, 1.54) is 11.3 Å². The van der Waals surface area contributed by atoms with Crippen LogP contribution in [0.25, 0.3) is 15.4 Å². The fraction of sp³-hybridized carbons (Fsp3) is 0.368. The number of thiazole rings is 1. The van der Waals surface area contributed by atoms with Gasteiger partial charge in [0.2, 0.25) is 0 Å². The van der Waals surface area contributed by atoms with Crippen LogP contribution in [0.4, 0.5) is 0 Å². The van der Waals surface area contributed by atoms with E-state index in [2.05, 4.69) is 9.97 Å². The summed E-state index contributed by atoms with van der Waals surface area (Å²) in [5, 5.41) is 0. The fourth-order valence-electron chi connectivity index (χ4n) is 3.28. The third-order valence-electron chi connectivity index (χ3n) is 4.72. The first-order valence-electron chi connectivity index (χ1n) is 9.00. The number of hydrogen-bond donors (Lipinski definition) is 0. The molecule has 1 aliphatic rings. The van der Waals surface area contributed by atoms with E-state index in [0.717, 1.165) is 15.4 Å². The van der Waals surface area contributed by atoms with E-state index in [9.17, 15) is 9.59 Å². The average molecular weight is 384 g/mol. The van der Waals surface area contributed by atoms with Gasteiger partial charge < -0.3 is 9.64 Å². The maximum atomic E-state index is 12.8. The van der Waals surface area contributed by atoms with Gasteiger partial charge in [-0.15, -0.1) is 0 Å². The van der Waals surface area contributed by atoms with Crippen LogP contribution in [0.5, 0.6) is 0 Å². The van der Waals surface area contributed by atoms with Gasteiger partial charge in [0.1, 0.15) is 5.69 Å². The number of piperidine rings is 1. The van der Waals surface area contributed by atoms with Gasteiger partial charge in [0.25, 0.3) is 5.91 Å². The van der Waals surface area contributed by atoms with Gasteiger partial charge in [0, 0.05) is 43.4 Å². The molecule has 4 heterocycles. The van der Waals surface area contributed by atoms with Crippen LogP contribution in [0.15, 0.2) is 36.9 Å². The van der Waals surface area contributed by atoms with Crippen LogP contribution < -0.4 is 0 Å². The molecule has 1 fully saturated rings. The van der Waals surface area contributed by atoms with E-state index in [1.54, 1.807) is 24.2 Å². The number of esters is 1. The van der Waals surface area contributed by atoms with Crippen LogP contribution in [0.3, 0.4) is 0 Å². The van der Waals surface area contributed by atoms with Crippen LogP contribution in [0, 0.1) is 5.92 Å². The Hall–Kier alpha value is -2.74. The lowest BCUT2D eigenvalue weighted by molar-refractivity contribution is -0.149. The molecule has 140 valence electrons. The zero-order chi connectivity index (χ0) is 18.8. The maximum absolute atomic E-state index is 12.8. The monoisotopic (exact) mass is 384 g/mol. The number of likely N-dealkylation sites (tertiary alicyclic amines) is 1. The number of hydrogen-bond acceptors (Lipinski definition) is 6. The molecule has 0 atom stereocenters. The third-order valence-corrected chi connectivity index (χ3v) is 5.77. The van der Waals surface area contributed by atoms with E-state index in [-0.39, 0.29) is 17.8 Å². The van der Waals surface area contributed by atoms with Crippen molar-refractivity contribution in [2.45, 2.75) is 19.8 Å². The number of carbonyl (C=O) groups excluding carboxylic acids is 2. The summed E-state index contributed by atoms with van der Waals surface area (Å²) in [6.07, 6.45) is 8.56.